The number of hydrogen-bond acceptors (Lipinski definition) is 3. The van der Waals surface area contributed by atoms with Gasteiger partial charge in [0.15, 0.2) is 0 Å². The van der Waals surface area contributed by atoms with Crippen molar-refractivity contribution in [3.8, 4) is 5.75 Å². The minimum absolute atomic E-state index is 0.00678. The van der Waals surface area contributed by atoms with Gasteiger partial charge in [-0.25, -0.2) is 0 Å². The van der Waals surface area contributed by atoms with Gasteiger partial charge in [0.2, 0.25) is 5.91 Å². The van der Waals surface area contributed by atoms with Crippen molar-refractivity contribution >= 4 is 17.5 Å². The lowest BCUT2D eigenvalue weighted by atomic mass is 10.1. The fraction of sp³-hybridized carbons (Fsp3) is 0.533. The number of carbonyl (C=O) groups excluding carboxylic acids is 1. The Labute approximate surface area is 124 Å². The third-order valence-electron chi connectivity index (χ3n) is 3.50. The predicted molar refractivity (Wildman–Crippen MR) is 79.9 cm³/mol. The van der Waals surface area contributed by atoms with Gasteiger partial charge in [-0.15, -0.1) is 0 Å². The molecule has 2 rings (SSSR count). The summed E-state index contributed by atoms with van der Waals surface area (Å²) in [4.78, 5) is 13.9. The summed E-state index contributed by atoms with van der Waals surface area (Å²) < 4.78 is 5.86. The van der Waals surface area contributed by atoms with E-state index in [4.69, 9.17) is 22.1 Å². The number of carbonyl (C=O) groups is 1. The average Bonchev–Trinajstić information content (AvgIpc) is 2.89. The van der Waals surface area contributed by atoms with Crippen LogP contribution >= 0.6 is 11.6 Å². The van der Waals surface area contributed by atoms with E-state index in [1.54, 1.807) is 11.0 Å². The number of nitrogens with two attached hydrogens (primary N) is 1. The summed E-state index contributed by atoms with van der Waals surface area (Å²) in [5, 5.41) is 0.597. The molecule has 0 radical (unpaired) electrons. The van der Waals surface area contributed by atoms with E-state index in [-0.39, 0.29) is 18.1 Å². The molecule has 1 amide bonds. The van der Waals surface area contributed by atoms with Crippen molar-refractivity contribution in [1.82, 2.24) is 4.90 Å². The van der Waals surface area contributed by atoms with Crippen molar-refractivity contribution in [3.63, 3.8) is 0 Å². The van der Waals surface area contributed by atoms with Gasteiger partial charge in [0, 0.05) is 13.0 Å². The minimum Gasteiger partial charge on any atom is -0.487 e. The SMILES string of the molecule is CCC[C@H](N)C(=O)N1CC[C@H](Oc2ccccc2Cl)C1. The molecule has 0 aliphatic carbocycles. The highest BCUT2D eigenvalue weighted by molar-refractivity contribution is 6.32. The molecule has 0 spiro atoms. The summed E-state index contributed by atoms with van der Waals surface area (Å²) in [6.07, 6.45) is 2.45. The van der Waals surface area contributed by atoms with Gasteiger partial charge in [-0.05, 0) is 18.6 Å². The lowest BCUT2D eigenvalue weighted by Crippen LogP contribution is -2.43. The maximum absolute atomic E-state index is 12.1. The Bertz CT molecular complexity index is 467. The summed E-state index contributed by atoms with van der Waals surface area (Å²) in [6.45, 7) is 3.31. The Hall–Kier alpha value is -1.26. The average molecular weight is 297 g/mol. The molecule has 1 aliphatic rings. The van der Waals surface area contributed by atoms with Gasteiger partial charge in [-0.2, -0.15) is 0 Å². The Morgan fingerprint density at radius 2 is 2.30 bits per heavy atom. The number of likely N-dealkylation sites (tertiary alicyclic amines) is 1. The van der Waals surface area contributed by atoms with Crippen molar-refractivity contribution in [1.29, 1.82) is 0 Å². The summed E-state index contributed by atoms with van der Waals surface area (Å²) in [7, 11) is 0. The van der Waals surface area contributed by atoms with E-state index in [0.717, 1.165) is 19.3 Å². The maximum Gasteiger partial charge on any atom is 0.239 e. The molecule has 0 saturated carbocycles. The van der Waals surface area contributed by atoms with Crippen LogP contribution in [-0.2, 0) is 4.79 Å². The first-order chi connectivity index (χ1) is 9.61. The summed E-state index contributed by atoms with van der Waals surface area (Å²) in [5.74, 6) is 0.698. The number of nitrogens with zero attached hydrogens (tertiary/aromatic N) is 1. The number of para-hydroxylation sites is 1. The Morgan fingerprint density at radius 1 is 1.55 bits per heavy atom. The molecule has 1 fully saturated rings. The third-order valence-corrected chi connectivity index (χ3v) is 3.82. The van der Waals surface area contributed by atoms with Crippen LogP contribution in [0.5, 0.6) is 5.75 Å². The molecular weight excluding hydrogens is 276 g/mol. The fourth-order valence-corrected chi connectivity index (χ4v) is 2.59. The van der Waals surface area contributed by atoms with Crippen LogP contribution in [0.15, 0.2) is 24.3 Å². The van der Waals surface area contributed by atoms with Crippen molar-refractivity contribution in [2.75, 3.05) is 13.1 Å². The monoisotopic (exact) mass is 296 g/mol. The maximum atomic E-state index is 12.1. The van der Waals surface area contributed by atoms with E-state index in [1.807, 2.05) is 25.1 Å². The van der Waals surface area contributed by atoms with Crippen LogP contribution in [0.2, 0.25) is 5.02 Å². The molecule has 0 aromatic heterocycles. The number of ether oxygens (including phenoxy) is 1. The topological polar surface area (TPSA) is 55.6 Å². The normalized spacial score (nSPS) is 19.9. The number of rotatable bonds is 5. The molecule has 20 heavy (non-hydrogen) atoms. The first-order valence-corrected chi connectivity index (χ1v) is 7.45. The zero-order valence-corrected chi connectivity index (χ0v) is 12.5. The van der Waals surface area contributed by atoms with Crippen molar-refractivity contribution in [3.05, 3.63) is 29.3 Å². The zero-order chi connectivity index (χ0) is 14.5. The molecule has 2 N–H and O–H groups in total. The number of amides is 1. The van der Waals surface area contributed by atoms with E-state index in [2.05, 4.69) is 0 Å². The molecule has 1 aromatic carbocycles. The lowest BCUT2D eigenvalue weighted by molar-refractivity contribution is -0.132. The smallest absolute Gasteiger partial charge is 0.239 e. The molecule has 5 heteroatoms. The van der Waals surface area contributed by atoms with Gasteiger partial charge < -0.3 is 15.4 Å². The van der Waals surface area contributed by atoms with Crippen LogP contribution in [0.4, 0.5) is 0 Å². The van der Waals surface area contributed by atoms with Crippen LogP contribution in [0, 0.1) is 0 Å². The second-order valence-corrected chi connectivity index (χ2v) is 5.55. The Balaban J connectivity index is 1.89. The van der Waals surface area contributed by atoms with Gasteiger partial charge in [-0.3, -0.25) is 4.79 Å². The van der Waals surface area contributed by atoms with E-state index >= 15 is 0 Å². The largest absolute Gasteiger partial charge is 0.487 e. The second kappa shape index (κ2) is 6.95. The highest BCUT2D eigenvalue weighted by Gasteiger charge is 2.30. The number of benzene rings is 1. The Morgan fingerprint density at radius 3 is 3.00 bits per heavy atom. The third kappa shape index (κ3) is 3.64. The van der Waals surface area contributed by atoms with Gasteiger partial charge in [0.05, 0.1) is 17.6 Å². The highest BCUT2D eigenvalue weighted by Crippen LogP contribution is 2.26. The summed E-state index contributed by atoms with van der Waals surface area (Å²) >= 11 is 6.07. The van der Waals surface area contributed by atoms with Gasteiger partial charge >= 0.3 is 0 Å². The number of hydrogen-bond donors (Lipinski definition) is 1. The van der Waals surface area contributed by atoms with Crippen molar-refractivity contribution in [2.24, 2.45) is 5.73 Å². The van der Waals surface area contributed by atoms with Crippen molar-refractivity contribution in [2.45, 2.75) is 38.3 Å². The summed E-state index contributed by atoms with van der Waals surface area (Å²) in [6, 6.07) is 7.00. The molecule has 0 unspecified atom stereocenters. The standard InChI is InChI=1S/C15H21ClN2O2/c1-2-5-13(17)15(19)18-9-8-11(10-18)20-14-7-4-3-6-12(14)16/h3-4,6-7,11,13H,2,5,8-10,17H2,1H3/t11-,13-/m0/s1. The molecule has 1 heterocycles. The van der Waals surface area contributed by atoms with Crippen LogP contribution < -0.4 is 10.5 Å². The fourth-order valence-electron chi connectivity index (χ4n) is 2.41. The summed E-state index contributed by atoms with van der Waals surface area (Å²) in [5.41, 5.74) is 5.88. The van der Waals surface area contributed by atoms with E-state index in [0.29, 0.717) is 23.9 Å². The lowest BCUT2D eigenvalue weighted by Gasteiger charge is -2.21. The zero-order valence-electron chi connectivity index (χ0n) is 11.7. The van der Waals surface area contributed by atoms with Crippen LogP contribution in [-0.4, -0.2) is 36.0 Å². The molecule has 0 bridgehead atoms. The molecule has 4 nitrogen and oxygen atoms in total. The first kappa shape index (κ1) is 15.1. The molecule has 1 saturated heterocycles. The van der Waals surface area contributed by atoms with Crippen LogP contribution in [0.3, 0.4) is 0 Å². The minimum atomic E-state index is -0.390. The van der Waals surface area contributed by atoms with Gasteiger partial charge in [-0.1, -0.05) is 37.1 Å². The molecule has 2 atom stereocenters. The molecule has 110 valence electrons. The Kier molecular flexibility index (Phi) is 5.26. The molecular formula is C15H21ClN2O2. The van der Waals surface area contributed by atoms with E-state index in [9.17, 15) is 4.79 Å². The first-order valence-electron chi connectivity index (χ1n) is 7.07. The highest BCUT2D eigenvalue weighted by atomic mass is 35.5. The van der Waals surface area contributed by atoms with E-state index < -0.39 is 0 Å². The van der Waals surface area contributed by atoms with Crippen LogP contribution in [0.25, 0.3) is 0 Å². The second-order valence-electron chi connectivity index (χ2n) is 5.14. The van der Waals surface area contributed by atoms with Gasteiger partial charge in [0.1, 0.15) is 11.9 Å². The van der Waals surface area contributed by atoms with Crippen LogP contribution in [0.1, 0.15) is 26.2 Å². The van der Waals surface area contributed by atoms with Crippen molar-refractivity contribution < 1.29 is 9.53 Å². The van der Waals surface area contributed by atoms with E-state index in [1.165, 1.54) is 0 Å². The molecule has 1 aromatic rings. The predicted octanol–water partition coefficient (Wildman–Crippen LogP) is 2.45. The quantitative estimate of drug-likeness (QED) is 0.908. The van der Waals surface area contributed by atoms with Gasteiger partial charge in [0.25, 0.3) is 0 Å². The number of halogens is 1. The molecule has 1 aliphatic heterocycles.